The molecule has 3 amide bonds. The van der Waals surface area contributed by atoms with E-state index < -0.39 is 6.09 Å². The molecule has 0 saturated heterocycles. The molecule has 8 heteroatoms. The molecule has 2 rings (SSSR count). The average molecular weight is 376 g/mol. The molecule has 1 aromatic heterocycles. The van der Waals surface area contributed by atoms with Gasteiger partial charge in [-0.1, -0.05) is 19.9 Å². The summed E-state index contributed by atoms with van der Waals surface area (Å²) in [5.41, 5.74) is 1.99. The highest BCUT2D eigenvalue weighted by Gasteiger charge is 2.12. The topological polar surface area (TPSA) is 83.6 Å². The van der Waals surface area contributed by atoms with Crippen LogP contribution in [0.5, 0.6) is 0 Å². The number of nitrogens with zero attached hydrogens (tertiary/aromatic N) is 2. The first-order valence-corrected chi connectivity index (χ1v) is 9.18. The Labute approximate surface area is 157 Å². The molecule has 1 heterocycles. The zero-order valence-electron chi connectivity index (χ0n) is 15.4. The number of aromatic nitrogens is 1. The van der Waals surface area contributed by atoms with Crippen LogP contribution in [0.3, 0.4) is 0 Å². The molecule has 0 aliphatic rings. The third-order valence-corrected chi connectivity index (χ3v) is 4.14. The van der Waals surface area contributed by atoms with Gasteiger partial charge in [0.25, 0.3) is 0 Å². The predicted molar refractivity (Wildman–Crippen MR) is 104 cm³/mol. The van der Waals surface area contributed by atoms with E-state index in [1.54, 1.807) is 47.5 Å². The Hall–Kier alpha value is -2.61. The molecule has 0 bridgehead atoms. The van der Waals surface area contributed by atoms with Crippen LogP contribution in [-0.4, -0.2) is 35.7 Å². The van der Waals surface area contributed by atoms with Crippen LogP contribution in [0.25, 0.3) is 0 Å². The van der Waals surface area contributed by atoms with Gasteiger partial charge in [-0.05, 0) is 31.0 Å². The normalized spacial score (nSPS) is 10.5. The van der Waals surface area contributed by atoms with E-state index in [2.05, 4.69) is 15.6 Å². The van der Waals surface area contributed by atoms with Crippen LogP contribution < -0.4 is 10.6 Å². The van der Waals surface area contributed by atoms with E-state index in [9.17, 15) is 9.59 Å². The van der Waals surface area contributed by atoms with E-state index in [0.29, 0.717) is 24.5 Å². The maximum Gasteiger partial charge on any atom is 0.411 e. The summed E-state index contributed by atoms with van der Waals surface area (Å²) in [7, 11) is 1.70. The van der Waals surface area contributed by atoms with Crippen molar-refractivity contribution in [2.45, 2.75) is 27.3 Å². The minimum atomic E-state index is -0.516. The minimum Gasteiger partial charge on any atom is -0.449 e. The number of urea groups is 1. The lowest BCUT2D eigenvalue weighted by atomic mass is 10.2. The summed E-state index contributed by atoms with van der Waals surface area (Å²) in [5.74, 6) is 0.267. The lowest BCUT2D eigenvalue weighted by Crippen LogP contribution is -2.31. The number of thiazole rings is 1. The Morgan fingerprint density at radius 1 is 1.27 bits per heavy atom. The molecule has 0 saturated carbocycles. The Balaban J connectivity index is 1.90. The summed E-state index contributed by atoms with van der Waals surface area (Å²) in [5, 5.41) is 8.36. The molecule has 0 radical (unpaired) electrons. The molecule has 0 spiro atoms. The first-order valence-electron chi connectivity index (χ1n) is 8.30. The van der Waals surface area contributed by atoms with E-state index in [-0.39, 0.29) is 11.9 Å². The van der Waals surface area contributed by atoms with E-state index in [4.69, 9.17) is 4.74 Å². The maximum absolute atomic E-state index is 12.3. The highest BCUT2D eigenvalue weighted by atomic mass is 32.1. The van der Waals surface area contributed by atoms with E-state index >= 15 is 0 Å². The highest BCUT2D eigenvalue weighted by Crippen LogP contribution is 2.16. The Bertz CT molecular complexity index is 760. The number of rotatable bonds is 6. The zero-order chi connectivity index (χ0) is 19.1. The van der Waals surface area contributed by atoms with Crippen LogP contribution in [0.1, 0.15) is 24.5 Å². The minimum absolute atomic E-state index is 0.254. The third kappa shape index (κ3) is 6.36. The van der Waals surface area contributed by atoms with Crippen molar-refractivity contribution in [3.05, 3.63) is 40.3 Å². The van der Waals surface area contributed by atoms with E-state index in [1.165, 1.54) is 0 Å². The lowest BCUT2D eigenvalue weighted by Gasteiger charge is -2.17. The number of nitrogens with one attached hydrogen (secondary N) is 2. The number of ether oxygens (including phenoxy) is 1. The number of hydrogen-bond donors (Lipinski definition) is 2. The Kier molecular flexibility index (Phi) is 6.97. The summed E-state index contributed by atoms with van der Waals surface area (Å²) in [6, 6.07) is 6.65. The van der Waals surface area contributed by atoms with Gasteiger partial charge in [0, 0.05) is 23.8 Å². The maximum atomic E-state index is 12.3. The smallest absolute Gasteiger partial charge is 0.411 e. The molecule has 0 fully saturated rings. The number of aryl methyl sites for hydroxylation is 1. The largest absolute Gasteiger partial charge is 0.449 e. The van der Waals surface area contributed by atoms with Gasteiger partial charge in [-0.15, -0.1) is 11.3 Å². The molecular weight excluding hydrogens is 352 g/mol. The fourth-order valence-electron chi connectivity index (χ4n) is 2.09. The summed E-state index contributed by atoms with van der Waals surface area (Å²) >= 11 is 1.55. The molecule has 140 valence electrons. The molecule has 0 atom stereocenters. The van der Waals surface area contributed by atoms with Crippen LogP contribution >= 0.6 is 11.3 Å². The van der Waals surface area contributed by atoms with Crippen molar-refractivity contribution in [2.75, 3.05) is 24.3 Å². The van der Waals surface area contributed by atoms with Gasteiger partial charge in [-0.25, -0.2) is 14.6 Å². The van der Waals surface area contributed by atoms with Crippen LogP contribution in [0.15, 0.2) is 29.6 Å². The monoisotopic (exact) mass is 376 g/mol. The van der Waals surface area contributed by atoms with Crippen molar-refractivity contribution in [1.29, 1.82) is 0 Å². The number of carbonyl (C=O) groups excluding carboxylic acids is 2. The molecule has 0 aliphatic heterocycles. The molecule has 0 aliphatic carbocycles. The second-order valence-corrected chi connectivity index (χ2v) is 7.40. The molecule has 0 unspecified atom stereocenters. The van der Waals surface area contributed by atoms with Gasteiger partial charge in [0.15, 0.2) is 0 Å². The van der Waals surface area contributed by atoms with Crippen LogP contribution in [0.2, 0.25) is 0 Å². The number of anilines is 2. The van der Waals surface area contributed by atoms with Gasteiger partial charge in [0.2, 0.25) is 0 Å². The average Bonchev–Trinajstić information content (AvgIpc) is 2.98. The number of carbonyl (C=O) groups is 2. The third-order valence-electron chi connectivity index (χ3n) is 3.32. The van der Waals surface area contributed by atoms with Crippen LogP contribution in [0.4, 0.5) is 21.0 Å². The summed E-state index contributed by atoms with van der Waals surface area (Å²) in [4.78, 5) is 29.9. The Morgan fingerprint density at radius 2 is 1.96 bits per heavy atom. The zero-order valence-corrected chi connectivity index (χ0v) is 16.2. The summed E-state index contributed by atoms with van der Waals surface area (Å²) in [6.45, 7) is 6.64. The van der Waals surface area contributed by atoms with Crippen molar-refractivity contribution >= 4 is 34.8 Å². The summed E-state index contributed by atoms with van der Waals surface area (Å²) < 4.78 is 5.08. The standard InChI is InChI=1S/C18H24N4O3S/c1-12(2)10-25-18(24)21-15-7-5-6-14(8-15)20-17(23)22(4)9-16-11-26-13(3)19-16/h5-8,11-12H,9-10H2,1-4H3,(H,20,23)(H,21,24). The summed E-state index contributed by atoms with van der Waals surface area (Å²) in [6.07, 6.45) is -0.516. The molecule has 2 N–H and O–H groups in total. The quantitative estimate of drug-likeness (QED) is 0.786. The van der Waals surface area contributed by atoms with Gasteiger partial charge in [-0.3, -0.25) is 5.32 Å². The van der Waals surface area contributed by atoms with Crippen LogP contribution in [-0.2, 0) is 11.3 Å². The second-order valence-electron chi connectivity index (χ2n) is 6.34. The van der Waals surface area contributed by atoms with Crippen molar-refractivity contribution in [2.24, 2.45) is 5.92 Å². The van der Waals surface area contributed by atoms with Crippen molar-refractivity contribution < 1.29 is 14.3 Å². The predicted octanol–water partition coefficient (Wildman–Crippen LogP) is 4.32. The molecule has 26 heavy (non-hydrogen) atoms. The van der Waals surface area contributed by atoms with E-state index in [0.717, 1.165) is 10.7 Å². The van der Waals surface area contributed by atoms with E-state index in [1.807, 2.05) is 26.2 Å². The van der Waals surface area contributed by atoms with Gasteiger partial charge in [-0.2, -0.15) is 0 Å². The number of benzene rings is 1. The van der Waals surface area contributed by atoms with Gasteiger partial charge in [0.05, 0.1) is 23.9 Å². The van der Waals surface area contributed by atoms with Gasteiger partial charge >= 0.3 is 12.1 Å². The lowest BCUT2D eigenvalue weighted by molar-refractivity contribution is 0.147. The molecule has 2 aromatic rings. The van der Waals surface area contributed by atoms with Gasteiger partial charge in [0.1, 0.15) is 0 Å². The molecular formula is C18H24N4O3S. The fraction of sp³-hybridized carbons (Fsp3) is 0.389. The van der Waals surface area contributed by atoms with Crippen molar-refractivity contribution in [1.82, 2.24) is 9.88 Å². The fourth-order valence-corrected chi connectivity index (χ4v) is 2.69. The first kappa shape index (κ1) is 19.7. The van der Waals surface area contributed by atoms with Gasteiger partial charge < -0.3 is 15.0 Å². The first-order chi connectivity index (χ1) is 12.3. The second kappa shape index (κ2) is 9.19. The van der Waals surface area contributed by atoms with Crippen LogP contribution in [0, 0.1) is 12.8 Å². The molecule has 1 aromatic carbocycles. The SMILES string of the molecule is Cc1nc(CN(C)C(=O)Nc2cccc(NC(=O)OCC(C)C)c2)cs1. The Morgan fingerprint density at radius 3 is 2.58 bits per heavy atom. The molecule has 7 nitrogen and oxygen atoms in total. The van der Waals surface area contributed by atoms with Crippen molar-refractivity contribution in [3.63, 3.8) is 0 Å². The number of amides is 3. The number of hydrogen-bond acceptors (Lipinski definition) is 5. The van der Waals surface area contributed by atoms with Crippen molar-refractivity contribution in [3.8, 4) is 0 Å². The highest BCUT2D eigenvalue weighted by molar-refractivity contribution is 7.09.